The minimum atomic E-state index is -0.563. The Labute approximate surface area is 129 Å². The molecular weight excluding hydrogens is 343 g/mol. The number of hydrogen-bond acceptors (Lipinski definition) is 1. The number of rotatable bonds is 2. The van der Waals surface area contributed by atoms with Gasteiger partial charge in [-0.2, -0.15) is 0 Å². The van der Waals surface area contributed by atoms with E-state index in [1.165, 1.54) is 23.3 Å². The van der Waals surface area contributed by atoms with Crippen molar-refractivity contribution in [1.82, 2.24) is 0 Å². The van der Waals surface area contributed by atoms with Gasteiger partial charge in [0.2, 0.25) is 0 Å². The van der Waals surface area contributed by atoms with Crippen LogP contribution in [0, 0.1) is 5.82 Å². The molecule has 0 heterocycles. The fourth-order valence-electron chi connectivity index (χ4n) is 2.57. The van der Waals surface area contributed by atoms with Gasteiger partial charge in [0.15, 0.2) is 5.78 Å². The first-order valence-corrected chi connectivity index (χ1v) is 7.54. The molecule has 20 heavy (non-hydrogen) atoms. The van der Waals surface area contributed by atoms with Gasteiger partial charge in [-0.1, -0.05) is 23.7 Å². The number of hydrogen-bond donors (Lipinski definition) is 0. The number of aryl methyl sites for hydroxylation is 2. The van der Waals surface area contributed by atoms with Gasteiger partial charge in [0.1, 0.15) is 5.82 Å². The molecule has 0 radical (unpaired) electrons. The predicted octanol–water partition coefficient (Wildman–Crippen LogP) is 4.96. The summed E-state index contributed by atoms with van der Waals surface area (Å²) in [7, 11) is 0. The van der Waals surface area contributed by atoms with Crippen LogP contribution < -0.4 is 0 Å². The fourth-order valence-corrected chi connectivity index (χ4v) is 3.04. The first-order valence-electron chi connectivity index (χ1n) is 6.37. The molecule has 2 aromatic carbocycles. The molecule has 0 unspecified atom stereocenters. The third-order valence-corrected chi connectivity index (χ3v) is 4.81. The summed E-state index contributed by atoms with van der Waals surface area (Å²) in [6.45, 7) is 0. The Morgan fingerprint density at radius 3 is 2.70 bits per heavy atom. The van der Waals surface area contributed by atoms with Crippen molar-refractivity contribution in [3.63, 3.8) is 0 Å². The van der Waals surface area contributed by atoms with Crippen LogP contribution in [0.5, 0.6) is 0 Å². The lowest BCUT2D eigenvalue weighted by atomic mass is 9.99. The maximum atomic E-state index is 13.9. The molecule has 1 aliphatic rings. The summed E-state index contributed by atoms with van der Waals surface area (Å²) in [4.78, 5) is 12.4. The van der Waals surface area contributed by atoms with Crippen molar-refractivity contribution in [1.29, 1.82) is 0 Å². The summed E-state index contributed by atoms with van der Waals surface area (Å²) >= 11 is 9.09. The molecule has 0 saturated carbocycles. The second-order valence-corrected chi connectivity index (χ2v) is 6.17. The molecule has 2 aromatic rings. The van der Waals surface area contributed by atoms with Crippen LogP contribution in [0.2, 0.25) is 5.02 Å². The first kappa shape index (κ1) is 13.8. The van der Waals surface area contributed by atoms with Crippen molar-refractivity contribution in [2.45, 2.75) is 19.3 Å². The van der Waals surface area contributed by atoms with Gasteiger partial charge in [-0.05, 0) is 64.5 Å². The average molecular weight is 354 g/mol. The number of halogens is 3. The highest BCUT2D eigenvalue weighted by molar-refractivity contribution is 9.10. The summed E-state index contributed by atoms with van der Waals surface area (Å²) in [5, 5.41) is 0.330. The second-order valence-electron chi connectivity index (χ2n) is 4.91. The van der Waals surface area contributed by atoms with Gasteiger partial charge in [-0.25, -0.2) is 4.39 Å². The van der Waals surface area contributed by atoms with E-state index in [0.717, 1.165) is 19.3 Å². The Kier molecular flexibility index (Phi) is 3.65. The Hall–Kier alpha value is -1.19. The summed E-state index contributed by atoms with van der Waals surface area (Å²) in [6, 6.07) is 8.20. The van der Waals surface area contributed by atoms with Crippen molar-refractivity contribution in [3.05, 3.63) is 67.9 Å². The Morgan fingerprint density at radius 2 is 1.90 bits per heavy atom. The second kappa shape index (κ2) is 5.30. The molecule has 0 saturated heterocycles. The molecule has 1 nitrogen and oxygen atoms in total. The molecular formula is C16H11BrClFO. The maximum absolute atomic E-state index is 13.9. The van der Waals surface area contributed by atoms with Gasteiger partial charge in [-0.15, -0.1) is 0 Å². The number of fused-ring (bicyclic) bond motifs is 1. The van der Waals surface area contributed by atoms with Gasteiger partial charge in [0.25, 0.3) is 0 Å². The standard InChI is InChI=1S/C16H11BrClFO/c17-13-8-15(19)12(7-14(13)18)16(20)11-5-4-9-2-1-3-10(9)6-11/h4-8H,1-3H2. The molecule has 0 aliphatic heterocycles. The molecule has 1 aliphatic carbocycles. The van der Waals surface area contributed by atoms with Crippen molar-refractivity contribution in [3.8, 4) is 0 Å². The van der Waals surface area contributed by atoms with Crippen molar-refractivity contribution in [2.75, 3.05) is 0 Å². The van der Waals surface area contributed by atoms with E-state index in [1.807, 2.05) is 12.1 Å². The zero-order valence-electron chi connectivity index (χ0n) is 10.6. The largest absolute Gasteiger partial charge is 0.288 e. The highest BCUT2D eigenvalue weighted by Gasteiger charge is 2.19. The molecule has 0 spiro atoms. The van der Waals surface area contributed by atoms with Crippen LogP contribution in [-0.2, 0) is 12.8 Å². The normalized spacial score (nSPS) is 13.3. The van der Waals surface area contributed by atoms with Crippen LogP contribution >= 0.6 is 27.5 Å². The van der Waals surface area contributed by atoms with Gasteiger partial charge >= 0.3 is 0 Å². The summed E-state index contributed by atoms with van der Waals surface area (Å²) in [5.41, 5.74) is 3.01. The van der Waals surface area contributed by atoms with E-state index in [4.69, 9.17) is 11.6 Å². The van der Waals surface area contributed by atoms with Crippen LogP contribution in [0.4, 0.5) is 4.39 Å². The summed E-state index contributed by atoms with van der Waals surface area (Å²) < 4.78 is 14.4. The van der Waals surface area contributed by atoms with E-state index in [1.54, 1.807) is 6.07 Å². The number of carbonyl (C=O) groups is 1. The third-order valence-electron chi connectivity index (χ3n) is 3.62. The van der Waals surface area contributed by atoms with E-state index in [-0.39, 0.29) is 11.3 Å². The lowest BCUT2D eigenvalue weighted by Gasteiger charge is -2.07. The number of ketones is 1. The molecule has 0 N–H and O–H groups in total. The van der Waals surface area contributed by atoms with Gasteiger partial charge in [-0.3, -0.25) is 4.79 Å². The Morgan fingerprint density at radius 1 is 1.15 bits per heavy atom. The minimum absolute atomic E-state index is 0.0103. The molecule has 0 amide bonds. The number of benzene rings is 2. The van der Waals surface area contributed by atoms with E-state index in [9.17, 15) is 9.18 Å². The molecule has 0 fully saturated rings. The smallest absolute Gasteiger partial charge is 0.196 e. The van der Waals surface area contributed by atoms with Crippen LogP contribution in [0.1, 0.15) is 33.5 Å². The molecule has 0 atom stereocenters. The monoisotopic (exact) mass is 352 g/mol. The van der Waals surface area contributed by atoms with Crippen molar-refractivity contribution in [2.24, 2.45) is 0 Å². The molecule has 0 aromatic heterocycles. The predicted molar refractivity (Wildman–Crippen MR) is 81.0 cm³/mol. The van der Waals surface area contributed by atoms with Gasteiger partial charge < -0.3 is 0 Å². The quantitative estimate of drug-likeness (QED) is 0.551. The minimum Gasteiger partial charge on any atom is -0.288 e. The molecule has 102 valence electrons. The maximum Gasteiger partial charge on any atom is 0.196 e. The highest BCUT2D eigenvalue weighted by Crippen LogP contribution is 2.28. The van der Waals surface area contributed by atoms with Crippen molar-refractivity contribution < 1.29 is 9.18 Å². The van der Waals surface area contributed by atoms with E-state index < -0.39 is 5.82 Å². The van der Waals surface area contributed by atoms with Crippen LogP contribution in [0.3, 0.4) is 0 Å². The van der Waals surface area contributed by atoms with Gasteiger partial charge in [0, 0.05) is 10.0 Å². The van der Waals surface area contributed by atoms with Gasteiger partial charge in [0.05, 0.1) is 10.6 Å². The van der Waals surface area contributed by atoms with E-state index >= 15 is 0 Å². The molecule has 4 heteroatoms. The fraction of sp³-hybridized carbons (Fsp3) is 0.188. The number of carbonyl (C=O) groups excluding carboxylic acids is 1. The third kappa shape index (κ3) is 2.40. The molecule has 3 rings (SSSR count). The summed E-state index contributed by atoms with van der Waals surface area (Å²) in [6.07, 6.45) is 3.16. The highest BCUT2D eigenvalue weighted by atomic mass is 79.9. The van der Waals surface area contributed by atoms with Crippen LogP contribution in [-0.4, -0.2) is 5.78 Å². The van der Waals surface area contributed by atoms with E-state index in [2.05, 4.69) is 15.9 Å². The van der Waals surface area contributed by atoms with Crippen LogP contribution in [0.25, 0.3) is 0 Å². The lowest BCUT2D eigenvalue weighted by molar-refractivity contribution is 0.103. The Balaban J connectivity index is 2.03. The average Bonchev–Trinajstić information content (AvgIpc) is 2.89. The van der Waals surface area contributed by atoms with E-state index in [0.29, 0.717) is 15.1 Å². The summed E-state index contributed by atoms with van der Waals surface area (Å²) in [5.74, 6) is -0.890. The SMILES string of the molecule is O=C(c1ccc2c(c1)CCC2)c1cc(Cl)c(Br)cc1F. The first-order chi connectivity index (χ1) is 9.56. The lowest BCUT2D eigenvalue weighted by Crippen LogP contribution is -2.05. The zero-order chi connectivity index (χ0) is 14.3. The topological polar surface area (TPSA) is 17.1 Å². The zero-order valence-corrected chi connectivity index (χ0v) is 12.9. The molecule has 0 bridgehead atoms. The van der Waals surface area contributed by atoms with Crippen molar-refractivity contribution >= 4 is 33.3 Å². The Bertz CT molecular complexity index is 712. The van der Waals surface area contributed by atoms with Crippen LogP contribution in [0.15, 0.2) is 34.8 Å².